The molecule has 0 saturated heterocycles. The monoisotopic (exact) mass is 315 g/mol. The third-order valence-electron chi connectivity index (χ3n) is 3.68. The SMILES string of the molecule is C=C(c1ccc(C(F)(F)F)cc1)n1c(C=O)cc2ccccc21. The van der Waals surface area contributed by atoms with Gasteiger partial charge in [-0.15, -0.1) is 0 Å². The molecular weight excluding hydrogens is 303 g/mol. The average molecular weight is 315 g/mol. The van der Waals surface area contributed by atoms with Gasteiger partial charge in [0, 0.05) is 11.1 Å². The van der Waals surface area contributed by atoms with E-state index < -0.39 is 11.7 Å². The van der Waals surface area contributed by atoms with E-state index in [1.807, 2.05) is 24.3 Å². The van der Waals surface area contributed by atoms with Crippen LogP contribution in [0, 0.1) is 0 Å². The Balaban J connectivity index is 2.09. The molecule has 1 heterocycles. The van der Waals surface area contributed by atoms with E-state index in [1.165, 1.54) is 12.1 Å². The first-order valence-electron chi connectivity index (χ1n) is 6.84. The summed E-state index contributed by atoms with van der Waals surface area (Å²) in [6.07, 6.45) is -3.68. The van der Waals surface area contributed by atoms with Crippen molar-refractivity contribution in [1.29, 1.82) is 0 Å². The Morgan fingerprint density at radius 2 is 1.70 bits per heavy atom. The van der Waals surface area contributed by atoms with Gasteiger partial charge in [-0.25, -0.2) is 0 Å². The van der Waals surface area contributed by atoms with Crippen molar-refractivity contribution in [3.05, 3.63) is 78.0 Å². The Morgan fingerprint density at radius 1 is 1.04 bits per heavy atom. The van der Waals surface area contributed by atoms with E-state index in [1.54, 1.807) is 10.6 Å². The summed E-state index contributed by atoms with van der Waals surface area (Å²) in [5, 5.41) is 0.864. The molecule has 2 nitrogen and oxygen atoms in total. The Kier molecular flexibility index (Phi) is 3.56. The van der Waals surface area contributed by atoms with Gasteiger partial charge in [0.15, 0.2) is 6.29 Å². The lowest BCUT2D eigenvalue weighted by Gasteiger charge is -2.13. The predicted octanol–water partition coefficient (Wildman–Crippen LogP) is 4.99. The maximum Gasteiger partial charge on any atom is 0.416 e. The van der Waals surface area contributed by atoms with Crippen molar-refractivity contribution in [2.24, 2.45) is 0 Å². The van der Waals surface area contributed by atoms with E-state index in [0.717, 1.165) is 23.0 Å². The van der Waals surface area contributed by atoms with Gasteiger partial charge in [0.2, 0.25) is 0 Å². The first-order valence-corrected chi connectivity index (χ1v) is 6.84. The highest BCUT2D eigenvalue weighted by Crippen LogP contribution is 2.31. The second kappa shape index (κ2) is 5.43. The molecule has 116 valence electrons. The van der Waals surface area contributed by atoms with Crippen LogP contribution in [-0.4, -0.2) is 10.9 Å². The Bertz CT molecular complexity index is 889. The number of aldehydes is 1. The number of fused-ring (bicyclic) bond motifs is 1. The Labute approximate surface area is 130 Å². The van der Waals surface area contributed by atoms with E-state index in [-0.39, 0.29) is 0 Å². The van der Waals surface area contributed by atoms with Gasteiger partial charge in [0.25, 0.3) is 0 Å². The quantitative estimate of drug-likeness (QED) is 0.624. The maximum atomic E-state index is 12.6. The molecule has 5 heteroatoms. The van der Waals surface area contributed by atoms with Gasteiger partial charge in [0.1, 0.15) is 0 Å². The highest BCUT2D eigenvalue weighted by molar-refractivity contribution is 5.93. The van der Waals surface area contributed by atoms with E-state index in [9.17, 15) is 18.0 Å². The Hall–Kier alpha value is -2.82. The molecule has 0 amide bonds. The molecule has 0 bridgehead atoms. The van der Waals surface area contributed by atoms with Crippen molar-refractivity contribution < 1.29 is 18.0 Å². The smallest absolute Gasteiger partial charge is 0.307 e. The minimum Gasteiger partial charge on any atom is -0.307 e. The average Bonchev–Trinajstić information content (AvgIpc) is 2.92. The summed E-state index contributed by atoms with van der Waals surface area (Å²) in [5.41, 5.74) is 1.42. The minimum atomic E-state index is -4.38. The molecule has 0 spiro atoms. The van der Waals surface area contributed by atoms with Gasteiger partial charge in [-0.05, 0) is 29.8 Å². The largest absolute Gasteiger partial charge is 0.416 e. The van der Waals surface area contributed by atoms with Gasteiger partial charge < -0.3 is 4.57 Å². The number of rotatable bonds is 3. The number of hydrogen-bond acceptors (Lipinski definition) is 1. The summed E-state index contributed by atoms with van der Waals surface area (Å²) in [6, 6.07) is 13.8. The molecule has 0 N–H and O–H groups in total. The zero-order valence-corrected chi connectivity index (χ0v) is 12.0. The van der Waals surface area contributed by atoms with Crippen LogP contribution in [0.4, 0.5) is 13.2 Å². The van der Waals surface area contributed by atoms with Crippen LogP contribution in [0.15, 0.2) is 61.2 Å². The van der Waals surface area contributed by atoms with Gasteiger partial charge in [-0.2, -0.15) is 13.2 Å². The number of hydrogen-bond donors (Lipinski definition) is 0. The van der Waals surface area contributed by atoms with Crippen molar-refractivity contribution in [3.63, 3.8) is 0 Å². The number of halogens is 3. The minimum absolute atomic E-state index is 0.399. The Morgan fingerprint density at radius 3 is 2.30 bits per heavy atom. The molecule has 0 radical (unpaired) electrons. The first-order chi connectivity index (χ1) is 10.9. The second-order valence-electron chi connectivity index (χ2n) is 5.10. The van der Waals surface area contributed by atoms with Crippen molar-refractivity contribution in [2.45, 2.75) is 6.18 Å². The van der Waals surface area contributed by atoms with Crippen LogP contribution in [0.2, 0.25) is 0 Å². The standard InChI is InChI=1S/C18H12F3NO/c1-12(13-6-8-15(9-7-13)18(19,20)21)22-16(11-23)10-14-4-2-3-5-17(14)22/h2-11H,1H2. The van der Waals surface area contributed by atoms with Gasteiger partial charge in [0.05, 0.1) is 16.8 Å². The molecule has 0 saturated carbocycles. The van der Waals surface area contributed by atoms with E-state index in [4.69, 9.17) is 0 Å². The molecule has 1 aromatic heterocycles. The fraction of sp³-hybridized carbons (Fsp3) is 0.0556. The topological polar surface area (TPSA) is 22.0 Å². The molecule has 0 aliphatic heterocycles. The maximum absolute atomic E-state index is 12.6. The lowest BCUT2D eigenvalue weighted by Crippen LogP contribution is -2.06. The highest BCUT2D eigenvalue weighted by Gasteiger charge is 2.30. The zero-order valence-electron chi connectivity index (χ0n) is 12.0. The van der Waals surface area contributed by atoms with Crippen LogP contribution in [0.25, 0.3) is 16.6 Å². The summed E-state index contributed by atoms with van der Waals surface area (Å²) in [4.78, 5) is 11.3. The second-order valence-corrected chi connectivity index (χ2v) is 5.10. The number of para-hydroxylation sites is 1. The lowest BCUT2D eigenvalue weighted by atomic mass is 10.1. The fourth-order valence-corrected chi connectivity index (χ4v) is 2.54. The van der Waals surface area contributed by atoms with Crippen molar-refractivity contribution in [3.8, 4) is 0 Å². The summed E-state index contributed by atoms with van der Waals surface area (Å²) < 4.78 is 39.6. The first kappa shape index (κ1) is 15.1. The normalized spacial score (nSPS) is 11.6. The van der Waals surface area contributed by atoms with Crippen LogP contribution < -0.4 is 0 Å². The predicted molar refractivity (Wildman–Crippen MR) is 83.2 cm³/mol. The molecular formula is C18H12F3NO. The van der Waals surface area contributed by atoms with Crippen LogP contribution in [0.5, 0.6) is 0 Å². The van der Waals surface area contributed by atoms with E-state index in [0.29, 0.717) is 23.2 Å². The van der Waals surface area contributed by atoms with E-state index >= 15 is 0 Å². The number of aromatic nitrogens is 1. The number of benzene rings is 2. The molecule has 0 fully saturated rings. The number of alkyl halides is 3. The van der Waals surface area contributed by atoms with Crippen molar-refractivity contribution in [2.75, 3.05) is 0 Å². The van der Waals surface area contributed by atoms with Crippen molar-refractivity contribution in [1.82, 2.24) is 4.57 Å². The summed E-state index contributed by atoms with van der Waals surface area (Å²) in [6.45, 7) is 3.94. The third-order valence-corrected chi connectivity index (χ3v) is 3.68. The van der Waals surface area contributed by atoms with Gasteiger partial charge in [-0.3, -0.25) is 4.79 Å². The van der Waals surface area contributed by atoms with Crippen LogP contribution in [0.1, 0.15) is 21.6 Å². The van der Waals surface area contributed by atoms with Crippen LogP contribution in [-0.2, 0) is 6.18 Å². The zero-order chi connectivity index (χ0) is 16.6. The molecule has 0 aliphatic rings. The molecule has 3 rings (SSSR count). The van der Waals surface area contributed by atoms with Crippen molar-refractivity contribution >= 4 is 22.9 Å². The highest BCUT2D eigenvalue weighted by atomic mass is 19.4. The molecule has 0 atom stereocenters. The molecule has 3 aromatic rings. The van der Waals surface area contributed by atoms with Crippen LogP contribution >= 0.6 is 0 Å². The number of carbonyl (C=O) groups excluding carboxylic acids is 1. The number of nitrogens with zero attached hydrogens (tertiary/aromatic N) is 1. The molecule has 0 aliphatic carbocycles. The summed E-state index contributed by atoms with van der Waals surface area (Å²) in [7, 11) is 0. The van der Waals surface area contributed by atoms with Gasteiger partial charge >= 0.3 is 6.18 Å². The number of carbonyl (C=O) groups is 1. The van der Waals surface area contributed by atoms with E-state index in [2.05, 4.69) is 6.58 Å². The lowest BCUT2D eigenvalue weighted by molar-refractivity contribution is -0.137. The third kappa shape index (κ3) is 2.65. The molecule has 0 unspecified atom stereocenters. The summed E-state index contributed by atoms with van der Waals surface area (Å²) in [5.74, 6) is 0. The molecule has 2 aromatic carbocycles. The molecule has 23 heavy (non-hydrogen) atoms. The van der Waals surface area contributed by atoms with Gasteiger partial charge in [-0.1, -0.05) is 36.9 Å². The fourth-order valence-electron chi connectivity index (χ4n) is 2.54. The van der Waals surface area contributed by atoms with Crippen LogP contribution in [0.3, 0.4) is 0 Å². The summed E-state index contributed by atoms with van der Waals surface area (Å²) >= 11 is 0.